The Labute approximate surface area is 146 Å². The smallest absolute Gasteiger partial charge is 0.303 e. The number of rotatable bonds is 8. The highest BCUT2D eigenvalue weighted by molar-refractivity contribution is 5.87. The maximum absolute atomic E-state index is 10.5. The van der Waals surface area contributed by atoms with Crippen molar-refractivity contribution in [2.75, 3.05) is 13.7 Å². The van der Waals surface area contributed by atoms with E-state index in [-0.39, 0.29) is 12.1 Å². The summed E-state index contributed by atoms with van der Waals surface area (Å²) in [6, 6.07) is 13.5. The minimum Gasteiger partial charge on any atom is -0.494 e. The topological polar surface area (TPSA) is 108 Å². The van der Waals surface area contributed by atoms with E-state index in [1.807, 2.05) is 42.5 Å². The van der Waals surface area contributed by atoms with Crippen molar-refractivity contribution in [3.63, 3.8) is 0 Å². The van der Waals surface area contributed by atoms with Crippen LogP contribution in [0.2, 0.25) is 0 Å². The van der Waals surface area contributed by atoms with Crippen molar-refractivity contribution < 1.29 is 14.6 Å². The number of nitrogens with zero attached hydrogens (tertiary/aromatic N) is 1. The Morgan fingerprint density at radius 3 is 2.64 bits per heavy atom. The number of allylic oxidation sites excluding steroid dienone is 1. The highest BCUT2D eigenvalue weighted by atomic mass is 16.5. The zero-order valence-corrected chi connectivity index (χ0v) is 14.1. The first-order chi connectivity index (χ1) is 12.0. The Kier molecular flexibility index (Phi) is 6.24. The number of nitrogens with two attached hydrogens (primary N) is 1. The average molecular weight is 339 g/mol. The molecule has 0 aliphatic rings. The van der Waals surface area contributed by atoms with E-state index in [9.17, 15) is 4.79 Å². The summed E-state index contributed by atoms with van der Waals surface area (Å²) in [5.74, 6) is -0.0370. The average Bonchev–Trinajstić information content (AvgIpc) is 2.61. The number of aliphatic carboxylic acids is 1. The SMILES string of the molecule is CN/C(=C(\N)C#N)c1ccc2cc(OCCCCC(=O)O)ccc2c1. The summed E-state index contributed by atoms with van der Waals surface area (Å²) in [6.07, 6.45) is 1.47. The lowest BCUT2D eigenvalue weighted by atomic mass is 10.0. The molecule has 0 bridgehead atoms. The molecule has 0 saturated carbocycles. The number of hydrogen-bond donors (Lipinski definition) is 3. The first-order valence-electron chi connectivity index (χ1n) is 8.01. The number of carboxylic acid groups (broad SMARTS) is 1. The zero-order chi connectivity index (χ0) is 18.2. The molecule has 6 heteroatoms. The van der Waals surface area contributed by atoms with Gasteiger partial charge in [0.15, 0.2) is 0 Å². The van der Waals surface area contributed by atoms with Gasteiger partial charge in [0.05, 0.1) is 12.3 Å². The highest BCUT2D eigenvalue weighted by Gasteiger charge is 2.07. The van der Waals surface area contributed by atoms with Crippen LogP contribution in [0.25, 0.3) is 16.5 Å². The molecular weight excluding hydrogens is 318 g/mol. The van der Waals surface area contributed by atoms with Crippen LogP contribution in [0, 0.1) is 11.3 Å². The molecule has 0 atom stereocenters. The molecule has 0 aliphatic carbocycles. The fraction of sp³-hybridized carbons (Fsp3) is 0.263. The third-order valence-corrected chi connectivity index (χ3v) is 3.79. The van der Waals surface area contributed by atoms with Gasteiger partial charge in [-0.1, -0.05) is 18.2 Å². The van der Waals surface area contributed by atoms with E-state index >= 15 is 0 Å². The number of hydrogen-bond acceptors (Lipinski definition) is 5. The maximum Gasteiger partial charge on any atom is 0.303 e. The predicted octanol–water partition coefficient (Wildman–Crippen LogP) is 2.84. The molecule has 2 aromatic carbocycles. The summed E-state index contributed by atoms with van der Waals surface area (Å²) in [4.78, 5) is 10.5. The highest BCUT2D eigenvalue weighted by Crippen LogP contribution is 2.25. The van der Waals surface area contributed by atoms with Crippen LogP contribution in [0.3, 0.4) is 0 Å². The van der Waals surface area contributed by atoms with Gasteiger partial charge in [0.25, 0.3) is 0 Å². The minimum atomic E-state index is -0.784. The molecule has 2 aromatic rings. The molecule has 0 amide bonds. The van der Waals surface area contributed by atoms with Gasteiger partial charge in [-0.15, -0.1) is 0 Å². The van der Waals surface area contributed by atoms with E-state index in [1.165, 1.54) is 0 Å². The first kappa shape index (κ1) is 18.1. The van der Waals surface area contributed by atoms with Crippen LogP contribution in [0.1, 0.15) is 24.8 Å². The van der Waals surface area contributed by atoms with Crippen molar-refractivity contribution >= 4 is 22.4 Å². The van der Waals surface area contributed by atoms with Gasteiger partial charge in [-0.25, -0.2) is 0 Å². The third kappa shape index (κ3) is 4.88. The lowest BCUT2D eigenvalue weighted by molar-refractivity contribution is -0.137. The first-order valence-corrected chi connectivity index (χ1v) is 8.01. The van der Waals surface area contributed by atoms with Crippen molar-refractivity contribution in [2.45, 2.75) is 19.3 Å². The number of carboxylic acids is 1. The van der Waals surface area contributed by atoms with Crippen LogP contribution in [0.5, 0.6) is 5.75 Å². The second-order valence-electron chi connectivity index (χ2n) is 5.57. The summed E-state index contributed by atoms with van der Waals surface area (Å²) in [7, 11) is 1.73. The fourth-order valence-corrected chi connectivity index (χ4v) is 2.53. The molecule has 2 rings (SSSR count). The third-order valence-electron chi connectivity index (χ3n) is 3.79. The fourth-order valence-electron chi connectivity index (χ4n) is 2.53. The summed E-state index contributed by atoms with van der Waals surface area (Å²) in [6.45, 7) is 0.488. The molecule has 0 heterocycles. The van der Waals surface area contributed by atoms with Gasteiger partial charge in [0, 0.05) is 19.0 Å². The molecule has 25 heavy (non-hydrogen) atoms. The quantitative estimate of drug-likeness (QED) is 0.504. The largest absolute Gasteiger partial charge is 0.494 e. The summed E-state index contributed by atoms with van der Waals surface area (Å²) in [5, 5.41) is 22.6. The van der Waals surface area contributed by atoms with Gasteiger partial charge in [-0.2, -0.15) is 5.26 Å². The number of benzene rings is 2. The van der Waals surface area contributed by atoms with E-state index in [0.29, 0.717) is 25.1 Å². The Hall–Kier alpha value is -3.20. The van der Waals surface area contributed by atoms with E-state index in [0.717, 1.165) is 22.1 Å². The molecule has 0 radical (unpaired) electrons. The molecule has 6 nitrogen and oxygen atoms in total. The Morgan fingerprint density at radius 1 is 1.24 bits per heavy atom. The van der Waals surface area contributed by atoms with Crippen molar-refractivity contribution in [2.24, 2.45) is 5.73 Å². The monoisotopic (exact) mass is 339 g/mol. The second-order valence-corrected chi connectivity index (χ2v) is 5.57. The Bertz CT molecular complexity index is 837. The molecule has 0 aliphatic heterocycles. The number of nitriles is 1. The van der Waals surface area contributed by atoms with E-state index in [4.69, 9.17) is 20.8 Å². The Balaban J connectivity index is 2.11. The van der Waals surface area contributed by atoms with Gasteiger partial charge in [-0.3, -0.25) is 4.79 Å². The van der Waals surface area contributed by atoms with Gasteiger partial charge in [-0.05, 0) is 41.8 Å². The van der Waals surface area contributed by atoms with Crippen LogP contribution in [0.4, 0.5) is 0 Å². The standard InChI is InChI=1S/C19H21N3O3/c1-22-19(17(21)12-20)15-6-5-14-11-16(8-7-13(14)10-15)25-9-3-2-4-18(23)24/h5-8,10-11,22H,2-4,9,21H2,1H3,(H,23,24)/b19-17-. The van der Waals surface area contributed by atoms with Crippen molar-refractivity contribution in [3.05, 3.63) is 47.7 Å². The number of carbonyl (C=O) groups is 1. The molecule has 4 N–H and O–H groups in total. The van der Waals surface area contributed by atoms with Crippen LogP contribution >= 0.6 is 0 Å². The van der Waals surface area contributed by atoms with Gasteiger partial charge in [0.1, 0.15) is 17.5 Å². The van der Waals surface area contributed by atoms with Gasteiger partial charge in [0.2, 0.25) is 0 Å². The molecule has 130 valence electrons. The van der Waals surface area contributed by atoms with Gasteiger partial charge < -0.3 is 20.9 Å². The van der Waals surface area contributed by atoms with Crippen LogP contribution in [-0.2, 0) is 4.79 Å². The number of ether oxygens (including phenoxy) is 1. The summed E-state index contributed by atoms with van der Waals surface area (Å²) in [5.41, 5.74) is 7.31. The van der Waals surface area contributed by atoms with Crippen LogP contribution in [0.15, 0.2) is 42.1 Å². The molecule has 0 spiro atoms. The molecule has 0 unspecified atom stereocenters. The lowest BCUT2D eigenvalue weighted by Crippen LogP contribution is -2.11. The van der Waals surface area contributed by atoms with Crippen LogP contribution < -0.4 is 15.8 Å². The maximum atomic E-state index is 10.5. The summed E-state index contributed by atoms with van der Waals surface area (Å²) < 4.78 is 5.67. The minimum absolute atomic E-state index is 0.142. The Morgan fingerprint density at radius 2 is 1.96 bits per heavy atom. The van der Waals surface area contributed by atoms with E-state index in [2.05, 4.69) is 5.32 Å². The van der Waals surface area contributed by atoms with E-state index < -0.39 is 5.97 Å². The summed E-state index contributed by atoms with van der Waals surface area (Å²) >= 11 is 0. The van der Waals surface area contributed by atoms with Crippen LogP contribution in [-0.4, -0.2) is 24.7 Å². The van der Waals surface area contributed by atoms with Crippen molar-refractivity contribution in [1.82, 2.24) is 5.32 Å². The molecule has 0 aromatic heterocycles. The zero-order valence-electron chi connectivity index (χ0n) is 14.1. The predicted molar refractivity (Wildman–Crippen MR) is 96.7 cm³/mol. The molecule has 0 saturated heterocycles. The normalized spacial score (nSPS) is 11.5. The molecule has 0 fully saturated rings. The second kappa shape index (κ2) is 8.60. The van der Waals surface area contributed by atoms with E-state index in [1.54, 1.807) is 7.05 Å². The number of nitrogens with one attached hydrogen (secondary N) is 1. The number of fused-ring (bicyclic) bond motifs is 1. The van der Waals surface area contributed by atoms with Crippen molar-refractivity contribution in [3.8, 4) is 11.8 Å². The number of unbranched alkanes of at least 4 members (excludes halogenated alkanes) is 1. The lowest BCUT2D eigenvalue weighted by Gasteiger charge is -2.10. The van der Waals surface area contributed by atoms with Crippen molar-refractivity contribution in [1.29, 1.82) is 5.26 Å². The molecular formula is C19H21N3O3. The van der Waals surface area contributed by atoms with Gasteiger partial charge >= 0.3 is 5.97 Å².